The molecule has 11 nitrogen and oxygen atoms in total. The second-order valence-electron chi connectivity index (χ2n) is 9.39. The fraction of sp³-hybridized carbons (Fsp3) is 0.286. The van der Waals surface area contributed by atoms with Gasteiger partial charge in [0.15, 0.2) is 11.9 Å². The number of carbonyl (C=O) groups is 1. The molecule has 2 aromatic heterocycles. The second kappa shape index (κ2) is 10.7. The third-order valence-corrected chi connectivity index (χ3v) is 6.80. The van der Waals surface area contributed by atoms with Crippen LogP contribution in [0.25, 0.3) is 22.3 Å². The van der Waals surface area contributed by atoms with Gasteiger partial charge in [0.25, 0.3) is 0 Å². The molecule has 2 saturated heterocycles. The molecule has 1 amide bonds. The summed E-state index contributed by atoms with van der Waals surface area (Å²) in [5.74, 6) is 0.212. The summed E-state index contributed by atoms with van der Waals surface area (Å²) in [6.45, 7) is 6.91. The average molecular weight is 528 g/mol. The number of anilines is 4. The summed E-state index contributed by atoms with van der Waals surface area (Å²) in [7, 11) is 0. The summed E-state index contributed by atoms with van der Waals surface area (Å²) < 4.78 is 13.1. The molecule has 6 rings (SSSR count). The molecule has 0 radical (unpaired) electrons. The number of nitrogens with one attached hydrogen (secondary N) is 2. The lowest BCUT2D eigenvalue weighted by Gasteiger charge is -2.29. The average Bonchev–Trinajstić information content (AvgIpc) is 3.63. The summed E-state index contributed by atoms with van der Waals surface area (Å²) in [5.41, 5.74) is 4.08. The topological polar surface area (TPSA) is 127 Å². The number of phenolic OH excluding ortho intramolecular Hbond substituents is 1. The van der Waals surface area contributed by atoms with Crippen molar-refractivity contribution >= 4 is 40.0 Å². The van der Waals surface area contributed by atoms with Gasteiger partial charge in [-0.3, -0.25) is 4.79 Å². The van der Waals surface area contributed by atoms with Crippen LogP contribution >= 0.6 is 0 Å². The SMILES string of the molecule is C=CC(=O)Nc1cccc(-c2nc(Nc3ccc(N4CCOCC4)c(O)c3)nc3c2cnn3C2CCCO2)c1. The van der Waals surface area contributed by atoms with E-state index in [-0.39, 0.29) is 17.9 Å². The first kappa shape index (κ1) is 24.8. The number of hydrogen-bond donors (Lipinski definition) is 3. The quantitative estimate of drug-likeness (QED) is 0.303. The van der Waals surface area contributed by atoms with Gasteiger partial charge in [0, 0.05) is 42.7 Å². The third kappa shape index (κ3) is 5.14. The van der Waals surface area contributed by atoms with Crippen LogP contribution in [0.1, 0.15) is 19.1 Å². The van der Waals surface area contributed by atoms with Gasteiger partial charge in [-0.2, -0.15) is 10.1 Å². The number of fused-ring (bicyclic) bond motifs is 1. The minimum absolute atomic E-state index is 0.165. The zero-order valence-electron chi connectivity index (χ0n) is 21.3. The fourth-order valence-corrected chi connectivity index (χ4v) is 4.91. The van der Waals surface area contributed by atoms with Crippen molar-refractivity contribution in [1.82, 2.24) is 19.7 Å². The molecule has 4 aromatic rings. The maximum Gasteiger partial charge on any atom is 0.247 e. The Labute approximate surface area is 225 Å². The molecule has 0 bridgehead atoms. The van der Waals surface area contributed by atoms with E-state index in [0.29, 0.717) is 48.5 Å². The number of morpholine rings is 1. The van der Waals surface area contributed by atoms with Gasteiger partial charge in [0.05, 0.1) is 36.2 Å². The first-order chi connectivity index (χ1) is 19.1. The monoisotopic (exact) mass is 527 g/mol. The summed E-state index contributed by atoms with van der Waals surface area (Å²) in [5, 5.41) is 22.2. The molecule has 200 valence electrons. The van der Waals surface area contributed by atoms with Crippen LogP contribution < -0.4 is 15.5 Å². The van der Waals surface area contributed by atoms with Crippen LogP contribution in [-0.4, -0.2) is 63.7 Å². The maximum absolute atomic E-state index is 11.9. The molecule has 11 heteroatoms. The van der Waals surface area contributed by atoms with Gasteiger partial charge >= 0.3 is 0 Å². The molecular formula is C28H29N7O4. The van der Waals surface area contributed by atoms with E-state index < -0.39 is 0 Å². The molecule has 2 aliphatic rings. The van der Waals surface area contributed by atoms with Gasteiger partial charge in [-0.1, -0.05) is 18.7 Å². The molecule has 0 spiro atoms. The Morgan fingerprint density at radius 3 is 2.74 bits per heavy atom. The van der Waals surface area contributed by atoms with E-state index >= 15 is 0 Å². The van der Waals surface area contributed by atoms with Crippen molar-refractivity contribution in [3.8, 4) is 17.0 Å². The highest BCUT2D eigenvalue weighted by Crippen LogP contribution is 2.35. The van der Waals surface area contributed by atoms with Crippen LogP contribution in [0.2, 0.25) is 0 Å². The van der Waals surface area contributed by atoms with E-state index in [2.05, 4.69) is 27.2 Å². The van der Waals surface area contributed by atoms with Crippen LogP contribution in [0.4, 0.5) is 23.0 Å². The number of aromatic nitrogens is 4. The first-order valence-corrected chi connectivity index (χ1v) is 12.9. The van der Waals surface area contributed by atoms with Gasteiger partial charge in [-0.05, 0) is 43.2 Å². The Bertz CT molecular complexity index is 1520. The smallest absolute Gasteiger partial charge is 0.247 e. The van der Waals surface area contributed by atoms with E-state index in [1.54, 1.807) is 23.0 Å². The van der Waals surface area contributed by atoms with E-state index in [0.717, 1.165) is 42.6 Å². The van der Waals surface area contributed by atoms with Crippen LogP contribution in [0.3, 0.4) is 0 Å². The molecule has 1 atom stereocenters. The zero-order chi connectivity index (χ0) is 26.8. The van der Waals surface area contributed by atoms with E-state index in [1.165, 1.54) is 6.08 Å². The largest absolute Gasteiger partial charge is 0.506 e. The lowest BCUT2D eigenvalue weighted by Crippen LogP contribution is -2.36. The van der Waals surface area contributed by atoms with Crippen LogP contribution in [0.15, 0.2) is 61.3 Å². The molecule has 0 aliphatic carbocycles. The Morgan fingerprint density at radius 1 is 1.10 bits per heavy atom. The highest BCUT2D eigenvalue weighted by atomic mass is 16.5. The van der Waals surface area contributed by atoms with Crippen LogP contribution in [0.5, 0.6) is 5.75 Å². The normalized spacial score (nSPS) is 17.3. The highest BCUT2D eigenvalue weighted by Gasteiger charge is 2.24. The van der Waals surface area contributed by atoms with Gasteiger partial charge in [-0.25, -0.2) is 9.67 Å². The number of benzene rings is 2. The maximum atomic E-state index is 11.9. The number of nitrogens with zero attached hydrogens (tertiary/aromatic N) is 5. The number of hydrogen-bond acceptors (Lipinski definition) is 9. The van der Waals surface area contributed by atoms with Crippen molar-refractivity contribution in [1.29, 1.82) is 0 Å². The van der Waals surface area contributed by atoms with Crippen molar-refractivity contribution in [3.05, 3.63) is 61.3 Å². The molecule has 2 aliphatic heterocycles. The zero-order valence-corrected chi connectivity index (χ0v) is 21.3. The molecule has 2 aromatic carbocycles. The lowest BCUT2D eigenvalue weighted by molar-refractivity contribution is -0.111. The van der Waals surface area contributed by atoms with Gasteiger partial charge in [0.1, 0.15) is 5.75 Å². The van der Waals surface area contributed by atoms with Gasteiger partial charge in [0.2, 0.25) is 11.9 Å². The van der Waals surface area contributed by atoms with Crippen molar-refractivity contribution in [3.63, 3.8) is 0 Å². The van der Waals surface area contributed by atoms with Crippen LogP contribution in [-0.2, 0) is 14.3 Å². The van der Waals surface area contributed by atoms with Crippen molar-refractivity contribution in [2.24, 2.45) is 0 Å². The number of rotatable bonds is 7. The van der Waals surface area contributed by atoms with Crippen molar-refractivity contribution < 1.29 is 19.4 Å². The Morgan fingerprint density at radius 2 is 1.97 bits per heavy atom. The number of carbonyl (C=O) groups excluding carboxylic acids is 1. The molecule has 4 heterocycles. The second-order valence-corrected chi connectivity index (χ2v) is 9.39. The molecule has 0 saturated carbocycles. The fourth-order valence-electron chi connectivity index (χ4n) is 4.91. The minimum atomic E-state index is -0.297. The summed E-state index contributed by atoms with van der Waals surface area (Å²) in [6.07, 6.45) is 4.57. The molecule has 3 N–H and O–H groups in total. The van der Waals surface area contributed by atoms with Gasteiger partial charge in [-0.15, -0.1) is 0 Å². The number of amides is 1. The number of phenols is 1. The number of aromatic hydroxyl groups is 1. The molecule has 39 heavy (non-hydrogen) atoms. The molecule has 1 unspecified atom stereocenters. The Kier molecular flexibility index (Phi) is 6.82. The van der Waals surface area contributed by atoms with Crippen LogP contribution in [0, 0.1) is 0 Å². The highest BCUT2D eigenvalue weighted by molar-refractivity contribution is 6.00. The van der Waals surface area contributed by atoms with E-state index in [9.17, 15) is 9.90 Å². The number of ether oxygens (including phenoxy) is 2. The molecule has 2 fully saturated rings. The Hall–Kier alpha value is -4.48. The molecular weight excluding hydrogens is 498 g/mol. The van der Waals surface area contributed by atoms with E-state index in [1.807, 2.05) is 30.3 Å². The standard InChI is InChI=1S/C28H29N7O4/c1-2-24(37)30-19-6-3-5-18(15-19)26-21-17-29-35(25-7-4-12-39-25)27(21)33-28(32-26)31-20-8-9-22(23(36)16-20)34-10-13-38-14-11-34/h2-3,5-6,8-9,15-17,25,36H,1,4,7,10-14H2,(H,30,37)(H,31,32,33). The first-order valence-electron chi connectivity index (χ1n) is 12.9. The summed E-state index contributed by atoms with van der Waals surface area (Å²) >= 11 is 0. The predicted molar refractivity (Wildman–Crippen MR) is 148 cm³/mol. The Balaban J connectivity index is 1.39. The van der Waals surface area contributed by atoms with E-state index in [4.69, 9.17) is 19.4 Å². The predicted octanol–water partition coefficient (Wildman–Crippen LogP) is 4.21. The van der Waals surface area contributed by atoms with Gasteiger partial charge < -0.3 is 30.1 Å². The summed E-state index contributed by atoms with van der Waals surface area (Å²) in [4.78, 5) is 23.6. The minimum Gasteiger partial charge on any atom is -0.506 e. The lowest BCUT2D eigenvalue weighted by atomic mass is 10.1. The summed E-state index contributed by atoms with van der Waals surface area (Å²) in [6, 6.07) is 12.9. The van der Waals surface area contributed by atoms with Crippen molar-refractivity contribution in [2.45, 2.75) is 19.1 Å². The third-order valence-electron chi connectivity index (χ3n) is 6.80. The van der Waals surface area contributed by atoms with Crippen molar-refractivity contribution in [2.75, 3.05) is 48.4 Å².